The molecular weight excluding hydrogens is 250 g/mol. The highest BCUT2D eigenvalue weighted by atomic mass is 16.2. The van der Waals surface area contributed by atoms with Gasteiger partial charge in [-0.25, -0.2) is 0 Å². The molecule has 2 aliphatic rings. The minimum Gasteiger partial charge on any atom is -0.324 e. The number of piperazine rings is 1. The summed E-state index contributed by atoms with van der Waals surface area (Å²) in [5.41, 5.74) is 0.345. The molecular formula is C16H27N3O. The van der Waals surface area contributed by atoms with Crippen LogP contribution >= 0.6 is 0 Å². The molecule has 2 fully saturated rings. The van der Waals surface area contributed by atoms with Gasteiger partial charge in [0.1, 0.15) is 6.04 Å². The standard InChI is InChI=1S/C16H27N3O/c1-16(2,3)13-6-4-12(5-7-13)15(20)19-9-8-18-11-14(19)10-17/h12-14,18H,4-9,11H2,1-3H3. The molecule has 0 aromatic carbocycles. The molecule has 1 aliphatic carbocycles. The molecule has 4 nitrogen and oxygen atoms in total. The molecule has 112 valence electrons. The van der Waals surface area contributed by atoms with Crippen LogP contribution in [-0.2, 0) is 4.79 Å². The first-order chi connectivity index (χ1) is 9.43. The van der Waals surface area contributed by atoms with Gasteiger partial charge < -0.3 is 10.2 Å². The molecule has 1 aliphatic heterocycles. The van der Waals surface area contributed by atoms with Crippen molar-refractivity contribution in [3.63, 3.8) is 0 Å². The highest BCUT2D eigenvalue weighted by Gasteiger charge is 2.36. The number of carbonyl (C=O) groups excluding carboxylic acids is 1. The van der Waals surface area contributed by atoms with Crippen molar-refractivity contribution in [2.75, 3.05) is 19.6 Å². The summed E-state index contributed by atoms with van der Waals surface area (Å²) in [6, 6.07) is 1.97. The summed E-state index contributed by atoms with van der Waals surface area (Å²) in [7, 11) is 0. The lowest BCUT2D eigenvalue weighted by molar-refractivity contribution is -0.139. The number of hydrogen-bond donors (Lipinski definition) is 1. The smallest absolute Gasteiger partial charge is 0.226 e. The van der Waals surface area contributed by atoms with Gasteiger partial charge in [-0.1, -0.05) is 20.8 Å². The molecule has 0 radical (unpaired) electrons. The minimum absolute atomic E-state index is 0.141. The third-order valence-corrected chi connectivity index (χ3v) is 4.98. The van der Waals surface area contributed by atoms with Crippen molar-refractivity contribution >= 4 is 5.91 Å². The monoisotopic (exact) mass is 277 g/mol. The van der Waals surface area contributed by atoms with E-state index in [1.165, 1.54) is 0 Å². The van der Waals surface area contributed by atoms with Gasteiger partial charge in [-0.05, 0) is 37.0 Å². The van der Waals surface area contributed by atoms with E-state index in [0.717, 1.165) is 38.1 Å². The molecule has 20 heavy (non-hydrogen) atoms. The number of nitrogens with zero attached hydrogens (tertiary/aromatic N) is 2. The lowest BCUT2D eigenvalue weighted by Gasteiger charge is -2.39. The van der Waals surface area contributed by atoms with E-state index in [2.05, 4.69) is 32.2 Å². The molecule has 2 rings (SSSR count). The molecule has 1 saturated carbocycles. The summed E-state index contributed by atoms with van der Waals surface area (Å²) in [6.45, 7) is 8.97. The topological polar surface area (TPSA) is 56.1 Å². The van der Waals surface area contributed by atoms with Crippen molar-refractivity contribution in [3.05, 3.63) is 0 Å². The number of amides is 1. The Hall–Kier alpha value is -1.08. The van der Waals surface area contributed by atoms with Crippen LogP contribution in [-0.4, -0.2) is 36.5 Å². The molecule has 1 heterocycles. The Kier molecular flexibility index (Phi) is 4.70. The fraction of sp³-hybridized carbons (Fsp3) is 0.875. The number of rotatable bonds is 1. The van der Waals surface area contributed by atoms with Gasteiger partial charge >= 0.3 is 0 Å². The lowest BCUT2D eigenvalue weighted by atomic mass is 9.69. The normalized spacial score (nSPS) is 31.7. The summed E-state index contributed by atoms with van der Waals surface area (Å²) >= 11 is 0. The van der Waals surface area contributed by atoms with Crippen LogP contribution in [0.2, 0.25) is 0 Å². The van der Waals surface area contributed by atoms with Gasteiger partial charge in [0.15, 0.2) is 0 Å². The van der Waals surface area contributed by atoms with Crippen molar-refractivity contribution in [3.8, 4) is 6.07 Å². The quantitative estimate of drug-likeness (QED) is 0.799. The van der Waals surface area contributed by atoms with E-state index in [1.807, 2.05) is 0 Å². The Balaban J connectivity index is 1.93. The second-order valence-corrected chi connectivity index (χ2v) is 7.30. The van der Waals surface area contributed by atoms with Crippen molar-refractivity contribution in [2.45, 2.75) is 52.5 Å². The Morgan fingerprint density at radius 2 is 1.90 bits per heavy atom. The van der Waals surface area contributed by atoms with Crippen LogP contribution in [0.3, 0.4) is 0 Å². The average molecular weight is 277 g/mol. The molecule has 1 unspecified atom stereocenters. The molecule has 4 heteroatoms. The third kappa shape index (κ3) is 3.32. The molecule has 0 bridgehead atoms. The first-order valence-electron chi connectivity index (χ1n) is 7.84. The maximum Gasteiger partial charge on any atom is 0.226 e. The molecule has 0 spiro atoms. The van der Waals surface area contributed by atoms with E-state index in [0.29, 0.717) is 18.5 Å². The summed E-state index contributed by atoms with van der Waals surface area (Å²) in [5, 5.41) is 12.4. The molecule has 1 saturated heterocycles. The van der Waals surface area contributed by atoms with Gasteiger partial charge in [0, 0.05) is 25.6 Å². The van der Waals surface area contributed by atoms with E-state index >= 15 is 0 Å². The van der Waals surface area contributed by atoms with Crippen LogP contribution < -0.4 is 5.32 Å². The third-order valence-electron chi connectivity index (χ3n) is 4.98. The maximum absolute atomic E-state index is 12.6. The predicted molar refractivity (Wildman–Crippen MR) is 78.9 cm³/mol. The van der Waals surface area contributed by atoms with E-state index in [1.54, 1.807) is 4.90 Å². The lowest BCUT2D eigenvalue weighted by Crippen LogP contribution is -2.54. The minimum atomic E-state index is -0.281. The Morgan fingerprint density at radius 3 is 2.45 bits per heavy atom. The van der Waals surface area contributed by atoms with Crippen molar-refractivity contribution in [1.82, 2.24) is 10.2 Å². The Bertz CT molecular complexity index is 386. The molecule has 1 amide bonds. The fourth-order valence-electron chi connectivity index (χ4n) is 3.52. The van der Waals surface area contributed by atoms with Crippen LogP contribution in [0, 0.1) is 28.6 Å². The average Bonchev–Trinajstić information content (AvgIpc) is 2.45. The van der Waals surface area contributed by atoms with Crippen molar-refractivity contribution < 1.29 is 4.79 Å². The van der Waals surface area contributed by atoms with Gasteiger partial charge in [0.25, 0.3) is 0 Å². The summed E-state index contributed by atoms with van der Waals surface area (Å²) in [4.78, 5) is 14.4. The van der Waals surface area contributed by atoms with Gasteiger partial charge in [-0.2, -0.15) is 5.26 Å². The summed E-state index contributed by atoms with van der Waals surface area (Å²) in [5.74, 6) is 1.08. The molecule has 1 atom stereocenters. The van der Waals surface area contributed by atoms with E-state index in [9.17, 15) is 10.1 Å². The van der Waals surface area contributed by atoms with Crippen LogP contribution in [0.5, 0.6) is 0 Å². The number of nitrogens with one attached hydrogen (secondary N) is 1. The SMILES string of the molecule is CC(C)(C)C1CCC(C(=O)N2CCNCC2C#N)CC1. The van der Waals surface area contributed by atoms with Crippen LogP contribution in [0.4, 0.5) is 0 Å². The second-order valence-electron chi connectivity index (χ2n) is 7.30. The number of carbonyl (C=O) groups is 1. The Morgan fingerprint density at radius 1 is 1.25 bits per heavy atom. The zero-order valence-corrected chi connectivity index (χ0v) is 13.0. The molecule has 1 N–H and O–H groups in total. The van der Waals surface area contributed by atoms with Crippen LogP contribution in [0.15, 0.2) is 0 Å². The zero-order chi connectivity index (χ0) is 14.8. The van der Waals surface area contributed by atoms with Gasteiger partial charge in [0.2, 0.25) is 5.91 Å². The first-order valence-corrected chi connectivity index (χ1v) is 7.84. The second kappa shape index (κ2) is 6.13. The summed E-state index contributed by atoms with van der Waals surface area (Å²) < 4.78 is 0. The summed E-state index contributed by atoms with van der Waals surface area (Å²) in [6.07, 6.45) is 4.26. The number of hydrogen-bond acceptors (Lipinski definition) is 3. The van der Waals surface area contributed by atoms with E-state index in [4.69, 9.17) is 0 Å². The van der Waals surface area contributed by atoms with E-state index < -0.39 is 0 Å². The Labute approximate surface area is 122 Å². The van der Waals surface area contributed by atoms with Crippen molar-refractivity contribution in [2.24, 2.45) is 17.3 Å². The number of nitriles is 1. The highest BCUT2D eigenvalue weighted by molar-refractivity contribution is 5.79. The zero-order valence-electron chi connectivity index (χ0n) is 13.0. The van der Waals surface area contributed by atoms with Gasteiger partial charge in [0.05, 0.1) is 6.07 Å². The largest absolute Gasteiger partial charge is 0.324 e. The van der Waals surface area contributed by atoms with Gasteiger partial charge in [-0.15, -0.1) is 0 Å². The molecule has 0 aromatic rings. The highest BCUT2D eigenvalue weighted by Crippen LogP contribution is 2.40. The predicted octanol–water partition coefficient (Wildman–Crippen LogP) is 2.16. The maximum atomic E-state index is 12.6. The fourth-order valence-corrected chi connectivity index (χ4v) is 3.52. The van der Waals surface area contributed by atoms with E-state index in [-0.39, 0.29) is 17.9 Å². The van der Waals surface area contributed by atoms with Crippen molar-refractivity contribution in [1.29, 1.82) is 5.26 Å². The van der Waals surface area contributed by atoms with Gasteiger partial charge in [-0.3, -0.25) is 4.79 Å². The van der Waals surface area contributed by atoms with Crippen LogP contribution in [0.25, 0.3) is 0 Å². The molecule has 0 aromatic heterocycles. The van der Waals surface area contributed by atoms with Crippen LogP contribution in [0.1, 0.15) is 46.5 Å². The first kappa shape index (κ1) is 15.3.